The first kappa shape index (κ1) is 55.2. The topological polar surface area (TPSA) is 145 Å². The number of hydrogen-bond acceptors (Lipinski definition) is 10. The van der Waals surface area contributed by atoms with E-state index in [1.807, 2.05) is 57.6 Å². The summed E-state index contributed by atoms with van der Waals surface area (Å²) >= 11 is 0. The van der Waals surface area contributed by atoms with Gasteiger partial charge >= 0.3 is 11.9 Å². The average Bonchev–Trinajstić information content (AvgIpc) is 3.45. The minimum atomic E-state index is -4.67. The van der Waals surface area contributed by atoms with Crippen LogP contribution in [0.1, 0.15) is 158 Å². The van der Waals surface area contributed by atoms with Crippen LogP contribution in [-0.4, -0.2) is 81.2 Å². The molecule has 0 aliphatic carbocycles. The number of phosphoric ester groups is 1. The number of phosphoric acid groups is 1. The van der Waals surface area contributed by atoms with E-state index < -0.39 is 38.6 Å². The van der Waals surface area contributed by atoms with Gasteiger partial charge in [-0.25, -0.2) is 0 Å². The highest BCUT2D eigenvalue weighted by Gasteiger charge is 2.22. The summed E-state index contributed by atoms with van der Waals surface area (Å²) < 4.78 is 40.0. The van der Waals surface area contributed by atoms with E-state index in [0.717, 1.165) is 75.7 Å². The van der Waals surface area contributed by atoms with Crippen molar-refractivity contribution >= 4 is 19.8 Å². The molecule has 0 bridgehead atoms. The summed E-state index contributed by atoms with van der Waals surface area (Å²) in [6, 6.07) is 0. The third-order valence-electron chi connectivity index (χ3n) is 10.1. The van der Waals surface area contributed by atoms with Gasteiger partial charge in [-0.05, 0) is 82.8 Å². The zero-order valence-electron chi connectivity index (χ0n) is 38.5. The summed E-state index contributed by atoms with van der Waals surface area (Å²) in [6.45, 7) is 8.24. The molecular weight excluding hydrogens is 781 g/mol. The summed E-state index contributed by atoms with van der Waals surface area (Å²) in [4.78, 5) is 37.7. The second kappa shape index (κ2) is 33.8. The van der Waals surface area contributed by atoms with E-state index in [9.17, 15) is 24.2 Å². The van der Waals surface area contributed by atoms with E-state index in [4.69, 9.17) is 22.9 Å². The third kappa shape index (κ3) is 30.3. The van der Waals surface area contributed by atoms with Gasteiger partial charge in [-0.2, -0.15) is 0 Å². The molecule has 0 aliphatic heterocycles. The lowest BCUT2D eigenvalue weighted by Crippen LogP contribution is -2.37. The monoisotopic (exact) mass is 864 g/mol. The van der Waals surface area contributed by atoms with Crippen LogP contribution in [0.25, 0.3) is 0 Å². The van der Waals surface area contributed by atoms with Gasteiger partial charge in [-0.15, -0.1) is 0 Å². The van der Waals surface area contributed by atoms with Gasteiger partial charge in [0.25, 0.3) is 7.82 Å². The molecule has 1 heterocycles. The molecule has 0 radical (unpaired) electrons. The quantitative estimate of drug-likeness (QED) is 0.0171. The Balaban J connectivity index is 2.40. The Kier molecular flexibility index (Phi) is 31.1. The Morgan fingerprint density at radius 2 is 1.37 bits per heavy atom. The third-order valence-corrected chi connectivity index (χ3v) is 11.1. The highest BCUT2D eigenvalue weighted by atomic mass is 31.2. The predicted octanol–water partition coefficient (Wildman–Crippen LogP) is 10.7. The van der Waals surface area contributed by atoms with Crippen molar-refractivity contribution < 1.29 is 51.6 Å². The number of ether oxygens (including phenoxy) is 2. The number of quaternary nitrogens is 1. The molecule has 0 spiro atoms. The van der Waals surface area contributed by atoms with Crippen LogP contribution >= 0.6 is 7.82 Å². The Labute approximate surface area is 363 Å². The maximum atomic E-state index is 12.7. The normalized spacial score (nSPS) is 14.5. The van der Waals surface area contributed by atoms with Crippen molar-refractivity contribution in [2.75, 3.05) is 47.5 Å². The highest BCUT2D eigenvalue weighted by Crippen LogP contribution is 2.38. The molecule has 0 aliphatic rings. The maximum absolute atomic E-state index is 12.7. The molecule has 1 N–H and O–H groups in total. The minimum absolute atomic E-state index is 0.0583. The second-order valence-corrected chi connectivity index (χ2v) is 18.3. The van der Waals surface area contributed by atoms with Crippen LogP contribution in [0, 0.1) is 13.8 Å². The molecule has 0 saturated heterocycles. The fourth-order valence-corrected chi connectivity index (χ4v) is 6.98. The maximum Gasteiger partial charge on any atom is 0.306 e. The van der Waals surface area contributed by atoms with Crippen molar-refractivity contribution in [2.45, 2.75) is 175 Å². The highest BCUT2D eigenvalue weighted by molar-refractivity contribution is 7.45. The molecule has 344 valence electrons. The number of aliphatic hydroxyl groups excluding tert-OH is 1. The first-order valence-electron chi connectivity index (χ1n) is 22.8. The fraction of sp³-hybridized carbons (Fsp3) is 0.708. The van der Waals surface area contributed by atoms with E-state index in [1.54, 1.807) is 6.08 Å². The number of aliphatic hydroxyl groups is 1. The lowest BCUT2D eigenvalue weighted by Gasteiger charge is -2.28. The van der Waals surface area contributed by atoms with Crippen LogP contribution in [0.3, 0.4) is 0 Å². The number of carbonyl (C=O) groups is 2. The number of allylic oxidation sites excluding steroid dienone is 6. The fourth-order valence-electron chi connectivity index (χ4n) is 6.25. The number of aryl methyl sites for hydroxylation is 2. The lowest BCUT2D eigenvalue weighted by atomic mass is 10.0. The molecule has 3 atom stereocenters. The number of hydrogen-bond donors (Lipinski definition) is 1. The van der Waals surface area contributed by atoms with Gasteiger partial charge in [0.1, 0.15) is 31.3 Å². The summed E-state index contributed by atoms with van der Waals surface area (Å²) in [7, 11) is 1.07. The molecule has 1 aromatic rings. The number of unbranched alkanes of at least 4 members (excludes halogenated alkanes) is 11. The minimum Gasteiger partial charge on any atom is -0.756 e. The molecule has 0 fully saturated rings. The summed E-state index contributed by atoms with van der Waals surface area (Å²) in [5, 5.41) is 10.0. The predicted molar refractivity (Wildman–Crippen MR) is 240 cm³/mol. The lowest BCUT2D eigenvalue weighted by molar-refractivity contribution is -0.870. The number of esters is 2. The van der Waals surface area contributed by atoms with Crippen LogP contribution in [0.2, 0.25) is 0 Å². The molecule has 1 aromatic heterocycles. The van der Waals surface area contributed by atoms with E-state index in [2.05, 4.69) is 33.8 Å². The molecule has 0 aromatic carbocycles. The molecule has 0 amide bonds. The van der Waals surface area contributed by atoms with Crippen molar-refractivity contribution in [3.8, 4) is 0 Å². The van der Waals surface area contributed by atoms with Gasteiger partial charge in [0.2, 0.25) is 0 Å². The first-order chi connectivity index (χ1) is 28.7. The number of rotatable bonds is 37. The Morgan fingerprint density at radius 3 is 2.05 bits per heavy atom. The van der Waals surface area contributed by atoms with Crippen molar-refractivity contribution in [3.05, 3.63) is 71.3 Å². The van der Waals surface area contributed by atoms with Crippen molar-refractivity contribution in [3.63, 3.8) is 0 Å². The van der Waals surface area contributed by atoms with Gasteiger partial charge in [0.15, 0.2) is 6.10 Å². The van der Waals surface area contributed by atoms with E-state index >= 15 is 0 Å². The summed E-state index contributed by atoms with van der Waals surface area (Å²) in [5.41, 5.74) is 2.61. The largest absolute Gasteiger partial charge is 0.756 e. The van der Waals surface area contributed by atoms with E-state index in [1.165, 1.54) is 43.2 Å². The molecule has 0 saturated carbocycles. The van der Waals surface area contributed by atoms with Gasteiger partial charge < -0.3 is 37.4 Å². The van der Waals surface area contributed by atoms with Crippen molar-refractivity contribution in [1.29, 1.82) is 0 Å². The first-order valence-corrected chi connectivity index (χ1v) is 24.3. The number of carbonyl (C=O) groups excluding carboxylic acids is 2. The smallest absolute Gasteiger partial charge is 0.306 e. The molecule has 1 rings (SSSR count). The molecule has 12 heteroatoms. The average molecular weight is 864 g/mol. The van der Waals surface area contributed by atoms with Crippen LogP contribution in [0.5, 0.6) is 0 Å². The molecule has 60 heavy (non-hydrogen) atoms. The van der Waals surface area contributed by atoms with Crippen LogP contribution in [0.4, 0.5) is 0 Å². The standard InChI is InChI=1S/C48H82NO10P/c1-8-10-11-12-21-26-32-43(50)33-27-22-17-13-15-19-24-29-35-47(51)55-39-44(40-57-60(53,54)56-38-37-49(5,6)7)58-48(52)36-30-25-20-16-14-18-23-28-34-46-42(4)41(3)45(59-46)31-9-2/h15,17,19,21-22,26-27,33,43-44,50H,8-14,16,18,20,23-25,28-32,34-40H2,1-7H3/b19-15-,22-17-,26-21-,33-27+/t43-,44-/m1/s1. The van der Waals surface area contributed by atoms with E-state index in [-0.39, 0.29) is 26.1 Å². The number of furan rings is 1. The second-order valence-electron chi connectivity index (χ2n) is 16.8. The van der Waals surface area contributed by atoms with Gasteiger partial charge in [0.05, 0.1) is 33.9 Å². The SMILES string of the molecule is CCCCC/C=C\C[C@@H](O)/C=C/C=C\C/C=C\CCCC(=O)OC[C@H](COP(=O)([O-])OCC[N+](C)(C)C)OC(=O)CCCCCCCCCCc1oc(CCC)c(C)c1C. The molecular formula is C48H82NO10P. The van der Waals surface area contributed by atoms with Crippen molar-refractivity contribution in [2.24, 2.45) is 0 Å². The zero-order chi connectivity index (χ0) is 44.5. The van der Waals surface area contributed by atoms with Gasteiger partial charge in [-0.1, -0.05) is 114 Å². The van der Waals surface area contributed by atoms with Crippen LogP contribution < -0.4 is 4.89 Å². The van der Waals surface area contributed by atoms with Gasteiger partial charge in [-0.3, -0.25) is 14.2 Å². The summed E-state index contributed by atoms with van der Waals surface area (Å²) in [5.74, 6) is 1.31. The zero-order valence-corrected chi connectivity index (χ0v) is 39.4. The van der Waals surface area contributed by atoms with Crippen LogP contribution in [-0.2, 0) is 45.5 Å². The number of likely N-dealkylation sites (N-methyl/N-ethyl adjacent to an activating group) is 1. The Morgan fingerprint density at radius 1 is 0.733 bits per heavy atom. The van der Waals surface area contributed by atoms with Crippen LogP contribution in [0.15, 0.2) is 53.0 Å². The number of nitrogens with zero attached hydrogens (tertiary/aromatic N) is 1. The molecule has 11 nitrogen and oxygen atoms in total. The Bertz CT molecular complexity index is 1460. The van der Waals surface area contributed by atoms with E-state index in [0.29, 0.717) is 36.7 Å². The van der Waals surface area contributed by atoms with Gasteiger partial charge in [0, 0.05) is 25.7 Å². The Hall–Kier alpha value is -2.79. The van der Waals surface area contributed by atoms with Crippen molar-refractivity contribution in [1.82, 2.24) is 0 Å². The summed E-state index contributed by atoms with van der Waals surface area (Å²) in [6.07, 6.45) is 33.1. The molecule has 1 unspecified atom stereocenters.